The van der Waals surface area contributed by atoms with Crippen LogP contribution in [-0.4, -0.2) is 13.1 Å². The molecule has 2 aliphatic rings. The number of allylic oxidation sites excluding steroid dienone is 3. The van der Waals surface area contributed by atoms with Crippen LogP contribution in [0.5, 0.6) is 5.75 Å². The van der Waals surface area contributed by atoms with Crippen molar-refractivity contribution in [3.8, 4) is 5.75 Å². The van der Waals surface area contributed by atoms with Crippen molar-refractivity contribution in [3.63, 3.8) is 0 Å². The van der Waals surface area contributed by atoms with E-state index >= 15 is 0 Å². The molecule has 3 rings (SSSR count). The van der Waals surface area contributed by atoms with E-state index in [-0.39, 0.29) is 0 Å². The van der Waals surface area contributed by atoms with Gasteiger partial charge in [-0.25, -0.2) is 0 Å². The van der Waals surface area contributed by atoms with Crippen LogP contribution in [0.4, 0.5) is 5.69 Å². The summed E-state index contributed by atoms with van der Waals surface area (Å²) < 4.78 is 5.93. The molecule has 0 spiro atoms. The minimum absolute atomic E-state index is 0.945. The molecule has 0 aromatic heterocycles. The molecular weight excluding hydrogens is 234 g/mol. The van der Waals surface area contributed by atoms with Crippen LogP contribution in [0.3, 0.4) is 0 Å². The third-order valence-corrected chi connectivity index (χ3v) is 3.74. The first-order valence-electron chi connectivity index (χ1n) is 7.31. The molecule has 1 aromatic carbocycles. The number of nitrogens with zero attached hydrogens (tertiary/aromatic N) is 1. The Hall–Kier alpha value is -1.70. The van der Waals surface area contributed by atoms with Crippen molar-refractivity contribution in [2.24, 2.45) is 0 Å². The van der Waals surface area contributed by atoms with Crippen LogP contribution in [0, 0.1) is 0 Å². The van der Waals surface area contributed by atoms with Gasteiger partial charge in [0, 0.05) is 24.8 Å². The molecule has 1 aliphatic heterocycles. The Kier molecular flexibility index (Phi) is 3.87. The topological polar surface area (TPSA) is 12.5 Å². The molecule has 0 N–H and O–H groups in total. The second-order valence-corrected chi connectivity index (χ2v) is 5.23. The second kappa shape index (κ2) is 5.96. The van der Waals surface area contributed by atoms with Gasteiger partial charge in [0.05, 0.1) is 0 Å². The minimum Gasteiger partial charge on any atom is -0.458 e. The first-order chi connectivity index (χ1) is 9.42. The van der Waals surface area contributed by atoms with E-state index in [1.807, 2.05) is 6.07 Å². The van der Waals surface area contributed by atoms with Crippen molar-refractivity contribution in [1.29, 1.82) is 0 Å². The Morgan fingerprint density at radius 1 is 1.00 bits per heavy atom. The van der Waals surface area contributed by atoms with Crippen LogP contribution >= 0.6 is 0 Å². The van der Waals surface area contributed by atoms with Gasteiger partial charge in [0.1, 0.15) is 11.5 Å². The summed E-state index contributed by atoms with van der Waals surface area (Å²) in [4.78, 5) is 2.46. The van der Waals surface area contributed by atoms with Crippen LogP contribution in [0.25, 0.3) is 0 Å². The fraction of sp³-hybridized carbons (Fsp3) is 0.412. The summed E-state index contributed by atoms with van der Waals surface area (Å²) in [6.45, 7) is 2.35. The molecule has 1 aliphatic carbocycles. The molecular formula is C17H21NO. The largest absolute Gasteiger partial charge is 0.458 e. The van der Waals surface area contributed by atoms with Gasteiger partial charge in [0.25, 0.3) is 0 Å². The standard InChI is InChI=1S/C17H21NO/c1-3-9-16(10-4-1)19-17-11-7-8-15(14-17)18-12-5-2-6-13-18/h3,7-11,14H,1-2,4-6,12-13H2. The molecule has 0 amide bonds. The molecule has 1 fully saturated rings. The molecule has 1 saturated heterocycles. The number of benzene rings is 1. The van der Waals surface area contributed by atoms with Crippen molar-refractivity contribution in [1.82, 2.24) is 0 Å². The number of hydrogen-bond donors (Lipinski definition) is 0. The molecule has 0 bridgehead atoms. The predicted octanol–water partition coefficient (Wildman–Crippen LogP) is 4.29. The quantitative estimate of drug-likeness (QED) is 0.799. The molecule has 0 atom stereocenters. The number of piperidine rings is 1. The van der Waals surface area contributed by atoms with Crippen LogP contribution in [-0.2, 0) is 0 Å². The highest BCUT2D eigenvalue weighted by Gasteiger charge is 2.11. The van der Waals surface area contributed by atoms with E-state index in [4.69, 9.17) is 4.74 Å². The molecule has 0 radical (unpaired) electrons. The van der Waals surface area contributed by atoms with E-state index in [9.17, 15) is 0 Å². The van der Waals surface area contributed by atoms with E-state index in [1.54, 1.807) is 0 Å². The lowest BCUT2D eigenvalue weighted by molar-refractivity contribution is 0.439. The average Bonchev–Trinajstić information content (AvgIpc) is 2.49. The fourth-order valence-corrected chi connectivity index (χ4v) is 2.70. The lowest BCUT2D eigenvalue weighted by atomic mass is 10.1. The molecule has 2 nitrogen and oxygen atoms in total. The third-order valence-electron chi connectivity index (χ3n) is 3.74. The van der Waals surface area contributed by atoms with Crippen molar-refractivity contribution in [3.05, 3.63) is 48.3 Å². The lowest BCUT2D eigenvalue weighted by Crippen LogP contribution is -2.29. The van der Waals surface area contributed by atoms with Crippen molar-refractivity contribution in [2.45, 2.75) is 32.1 Å². The SMILES string of the molecule is C1=CC(Oc2cccc(N3CCCCC3)c2)=CCC1. The highest BCUT2D eigenvalue weighted by Crippen LogP contribution is 2.26. The number of ether oxygens (including phenoxy) is 1. The summed E-state index contributed by atoms with van der Waals surface area (Å²) in [6, 6.07) is 8.47. The van der Waals surface area contributed by atoms with E-state index < -0.39 is 0 Å². The van der Waals surface area contributed by atoms with E-state index in [0.29, 0.717) is 0 Å². The highest BCUT2D eigenvalue weighted by atomic mass is 16.5. The van der Waals surface area contributed by atoms with E-state index in [1.165, 1.54) is 38.0 Å². The summed E-state index contributed by atoms with van der Waals surface area (Å²) in [5, 5.41) is 0. The molecule has 2 heteroatoms. The normalized spacial score (nSPS) is 19.2. The van der Waals surface area contributed by atoms with Crippen LogP contribution in [0.2, 0.25) is 0 Å². The van der Waals surface area contributed by atoms with Gasteiger partial charge in [-0.1, -0.05) is 12.1 Å². The summed E-state index contributed by atoms with van der Waals surface area (Å²) in [5.74, 6) is 1.92. The van der Waals surface area contributed by atoms with Gasteiger partial charge < -0.3 is 9.64 Å². The number of hydrogen-bond acceptors (Lipinski definition) is 2. The molecule has 1 heterocycles. The Balaban J connectivity index is 1.72. The first-order valence-corrected chi connectivity index (χ1v) is 7.31. The maximum atomic E-state index is 5.93. The Morgan fingerprint density at radius 3 is 2.68 bits per heavy atom. The van der Waals surface area contributed by atoms with Crippen LogP contribution in [0.1, 0.15) is 32.1 Å². The Labute approximate surface area is 115 Å². The van der Waals surface area contributed by atoms with Crippen molar-refractivity contribution >= 4 is 5.69 Å². The van der Waals surface area contributed by atoms with Gasteiger partial charge in [0.2, 0.25) is 0 Å². The van der Waals surface area contributed by atoms with Crippen molar-refractivity contribution in [2.75, 3.05) is 18.0 Å². The summed E-state index contributed by atoms with van der Waals surface area (Å²) in [7, 11) is 0. The van der Waals surface area contributed by atoms with Crippen LogP contribution in [0.15, 0.2) is 48.3 Å². The maximum absolute atomic E-state index is 5.93. The monoisotopic (exact) mass is 255 g/mol. The first kappa shape index (κ1) is 12.3. The number of rotatable bonds is 3. The third kappa shape index (κ3) is 3.19. The molecule has 0 unspecified atom stereocenters. The van der Waals surface area contributed by atoms with Gasteiger partial charge in [-0.05, 0) is 56.4 Å². The average molecular weight is 255 g/mol. The second-order valence-electron chi connectivity index (χ2n) is 5.23. The fourth-order valence-electron chi connectivity index (χ4n) is 2.70. The van der Waals surface area contributed by atoms with Gasteiger partial charge in [-0.2, -0.15) is 0 Å². The van der Waals surface area contributed by atoms with Gasteiger partial charge in [0.15, 0.2) is 0 Å². The Morgan fingerprint density at radius 2 is 1.89 bits per heavy atom. The van der Waals surface area contributed by atoms with E-state index in [0.717, 1.165) is 24.4 Å². The van der Waals surface area contributed by atoms with E-state index in [2.05, 4.69) is 41.3 Å². The lowest BCUT2D eigenvalue weighted by Gasteiger charge is -2.29. The summed E-state index contributed by atoms with van der Waals surface area (Å²) in [6.07, 6.45) is 12.6. The van der Waals surface area contributed by atoms with Crippen LogP contribution < -0.4 is 9.64 Å². The Bertz CT molecular complexity index is 484. The van der Waals surface area contributed by atoms with Gasteiger partial charge in [-0.3, -0.25) is 0 Å². The molecule has 19 heavy (non-hydrogen) atoms. The molecule has 0 saturated carbocycles. The minimum atomic E-state index is 0.945. The predicted molar refractivity (Wildman–Crippen MR) is 79.6 cm³/mol. The number of anilines is 1. The zero-order chi connectivity index (χ0) is 12.9. The van der Waals surface area contributed by atoms with Gasteiger partial charge in [-0.15, -0.1) is 0 Å². The van der Waals surface area contributed by atoms with Crippen molar-refractivity contribution < 1.29 is 4.74 Å². The highest BCUT2D eigenvalue weighted by molar-refractivity contribution is 5.51. The zero-order valence-electron chi connectivity index (χ0n) is 11.3. The van der Waals surface area contributed by atoms with Gasteiger partial charge >= 0.3 is 0 Å². The summed E-state index contributed by atoms with van der Waals surface area (Å²) in [5.41, 5.74) is 1.29. The zero-order valence-corrected chi connectivity index (χ0v) is 11.3. The maximum Gasteiger partial charge on any atom is 0.129 e. The molecule has 100 valence electrons. The smallest absolute Gasteiger partial charge is 0.129 e. The molecule has 1 aromatic rings. The summed E-state index contributed by atoms with van der Waals surface area (Å²) >= 11 is 0.